The smallest absolute Gasteiger partial charge is 0.234 e. The lowest BCUT2D eigenvalue weighted by atomic mass is 10.0. The van der Waals surface area contributed by atoms with Crippen LogP contribution in [0, 0.1) is 5.92 Å². The van der Waals surface area contributed by atoms with E-state index in [4.69, 9.17) is 0 Å². The summed E-state index contributed by atoms with van der Waals surface area (Å²) in [5.41, 5.74) is 0. The topological polar surface area (TPSA) is 44.4 Å². The predicted molar refractivity (Wildman–Crippen MR) is 75.6 cm³/mol. The number of amides is 1. The number of nitrogens with one attached hydrogen (secondary N) is 2. The Morgan fingerprint density at radius 3 is 2.44 bits per heavy atom. The maximum atomic E-state index is 12.0. The molecule has 1 aliphatic rings. The molecular weight excluding hydrogens is 226 g/mol. The second-order valence-corrected chi connectivity index (χ2v) is 5.64. The molecule has 2 N–H and O–H groups in total. The summed E-state index contributed by atoms with van der Waals surface area (Å²) in [6.07, 6.45) is 2.31. The molecule has 0 radical (unpaired) electrons. The van der Waals surface area contributed by atoms with Gasteiger partial charge in [0.2, 0.25) is 5.91 Å². The normalized spacial score (nSPS) is 19.2. The molecule has 0 aromatic rings. The minimum absolute atomic E-state index is 0.164. The van der Waals surface area contributed by atoms with Crippen molar-refractivity contribution < 1.29 is 4.79 Å². The van der Waals surface area contributed by atoms with Gasteiger partial charge in [-0.15, -0.1) is 0 Å². The van der Waals surface area contributed by atoms with Crippen LogP contribution in [0.15, 0.2) is 0 Å². The quantitative estimate of drug-likeness (QED) is 0.750. The van der Waals surface area contributed by atoms with E-state index in [0.29, 0.717) is 18.5 Å². The summed E-state index contributed by atoms with van der Waals surface area (Å²) in [6, 6.07) is 0.820. The maximum Gasteiger partial charge on any atom is 0.234 e. The van der Waals surface area contributed by atoms with Gasteiger partial charge in [0, 0.05) is 12.1 Å². The van der Waals surface area contributed by atoms with Crippen molar-refractivity contribution in [2.75, 3.05) is 26.2 Å². The van der Waals surface area contributed by atoms with Crippen LogP contribution in [0.2, 0.25) is 0 Å². The van der Waals surface area contributed by atoms with Gasteiger partial charge in [-0.2, -0.15) is 0 Å². The fourth-order valence-corrected chi connectivity index (χ4v) is 2.32. The third-order valence-corrected chi connectivity index (χ3v) is 3.97. The van der Waals surface area contributed by atoms with E-state index in [1.165, 1.54) is 0 Å². The molecule has 1 unspecified atom stereocenters. The van der Waals surface area contributed by atoms with Crippen LogP contribution < -0.4 is 10.6 Å². The molecule has 0 aromatic carbocycles. The van der Waals surface area contributed by atoms with E-state index < -0.39 is 0 Å². The van der Waals surface area contributed by atoms with E-state index in [1.54, 1.807) is 0 Å². The van der Waals surface area contributed by atoms with E-state index in [1.807, 2.05) is 0 Å². The van der Waals surface area contributed by atoms with Crippen molar-refractivity contribution in [3.8, 4) is 0 Å². The molecule has 4 nitrogen and oxygen atoms in total. The largest absolute Gasteiger partial charge is 0.352 e. The minimum atomic E-state index is 0.164. The van der Waals surface area contributed by atoms with E-state index in [-0.39, 0.29) is 11.9 Å². The monoisotopic (exact) mass is 255 g/mol. The summed E-state index contributed by atoms with van der Waals surface area (Å²) in [6.45, 7) is 12.1. The molecule has 1 rings (SSSR count). The lowest BCUT2D eigenvalue weighted by Gasteiger charge is -2.33. The first-order valence-corrected chi connectivity index (χ1v) is 7.28. The van der Waals surface area contributed by atoms with Crippen LogP contribution in [0.5, 0.6) is 0 Å². The highest BCUT2D eigenvalue weighted by atomic mass is 16.2. The van der Waals surface area contributed by atoms with Gasteiger partial charge < -0.3 is 10.6 Å². The van der Waals surface area contributed by atoms with Crippen LogP contribution in [-0.4, -0.2) is 49.1 Å². The van der Waals surface area contributed by atoms with E-state index in [2.05, 4.69) is 43.2 Å². The number of carbonyl (C=O) groups is 1. The van der Waals surface area contributed by atoms with Crippen molar-refractivity contribution in [2.24, 2.45) is 5.92 Å². The van der Waals surface area contributed by atoms with Gasteiger partial charge in [-0.1, -0.05) is 20.8 Å². The number of hydrogen-bond acceptors (Lipinski definition) is 3. The minimum Gasteiger partial charge on any atom is -0.352 e. The molecule has 1 atom stereocenters. The highest BCUT2D eigenvalue weighted by molar-refractivity contribution is 5.78. The first kappa shape index (κ1) is 15.4. The molecule has 1 fully saturated rings. The Labute approximate surface area is 111 Å². The molecule has 1 saturated heterocycles. The van der Waals surface area contributed by atoms with Crippen molar-refractivity contribution in [3.63, 3.8) is 0 Å². The van der Waals surface area contributed by atoms with E-state index >= 15 is 0 Å². The second-order valence-electron chi connectivity index (χ2n) is 5.64. The van der Waals surface area contributed by atoms with Crippen molar-refractivity contribution in [3.05, 3.63) is 0 Å². The van der Waals surface area contributed by atoms with Crippen LogP contribution in [-0.2, 0) is 4.79 Å². The summed E-state index contributed by atoms with van der Waals surface area (Å²) in [4.78, 5) is 14.3. The zero-order valence-corrected chi connectivity index (χ0v) is 12.3. The molecule has 4 heteroatoms. The lowest BCUT2D eigenvalue weighted by Crippen LogP contribution is -2.49. The second kappa shape index (κ2) is 7.74. The maximum absolute atomic E-state index is 12.0. The summed E-state index contributed by atoms with van der Waals surface area (Å²) in [7, 11) is 0. The zero-order valence-electron chi connectivity index (χ0n) is 12.3. The number of likely N-dealkylation sites (N-methyl/N-ethyl adjacent to an activating group) is 1. The molecule has 18 heavy (non-hydrogen) atoms. The molecule has 0 bridgehead atoms. The van der Waals surface area contributed by atoms with Crippen LogP contribution in [0.3, 0.4) is 0 Å². The SMILES string of the molecule is CCN(CC(=O)NC(C)C(C)C)C1CCNCC1. The number of carbonyl (C=O) groups excluding carboxylic acids is 1. The molecule has 0 aliphatic carbocycles. The van der Waals surface area contributed by atoms with Crippen molar-refractivity contribution in [1.29, 1.82) is 0 Å². The van der Waals surface area contributed by atoms with Gasteiger partial charge in [0.05, 0.1) is 6.54 Å². The average Bonchev–Trinajstić information content (AvgIpc) is 2.36. The fraction of sp³-hybridized carbons (Fsp3) is 0.929. The third kappa shape index (κ3) is 4.94. The molecule has 0 aromatic heterocycles. The Morgan fingerprint density at radius 1 is 1.33 bits per heavy atom. The number of nitrogens with zero attached hydrogens (tertiary/aromatic N) is 1. The van der Waals surface area contributed by atoms with Gasteiger partial charge in [0.1, 0.15) is 0 Å². The molecule has 0 spiro atoms. The Morgan fingerprint density at radius 2 is 1.94 bits per heavy atom. The van der Waals surface area contributed by atoms with Gasteiger partial charge in [0.25, 0.3) is 0 Å². The lowest BCUT2D eigenvalue weighted by molar-refractivity contribution is -0.123. The van der Waals surface area contributed by atoms with Gasteiger partial charge >= 0.3 is 0 Å². The highest BCUT2D eigenvalue weighted by Crippen LogP contribution is 2.11. The Balaban J connectivity index is 2.39. The molecule has 1 aliphatic heterocycles. The van der Waals surface area contributed by atoms with Crippen molar-refractivity contribution in [2.45, 2.75) is 52.6 Å². The van der Waals surface area contributed by atoms with Crippen LogP contribution >= 0.6 is 0 Å². The van der Waals surface area contributed by atoms with Gasteiger partial charge in [-0.25, -0.2) is 0 Å². The number of rotatable bonds is 6. The van der Waals surface area contributed by atoms with Gasteiger partial charge in [-0.05, 0) is 45.3 Å². The Hall–Kier alpha value is -0.610. The molecule has 1 heterocycles. The first-order chi connectivity index (χ1) is 8.54. The van der Waals surface area contributed by atoms with Crippen LogP contribution in [0.4, 0.5) is 0 Å². The molecule has 0 saturated carbocycles. The summed E-state index contributed by atoms with van der Waals surface area (Å²) < 4.78 is 0. The zero-order chi connectivity index (χ0) is 13.5. The summed E-state index contributed by atoms with van der Waals surface area (Å²) in [5, 5.41) is 6.45. The summed E-state index contributed by atoms with van der Waals surface area (Å²) >= 11 is 0. The van der Waals surface area contributed by atoms with Crippen LogP contribution in [0.25, 0.3) is 0 Å². The average molecular weight is 255 g/mol. The Kier molecular flexibility index (Phi) is 6.65. The van der Waals surface area contributed by atoms with Gasteiger partial charge in [-0.3, -0.25) is 9.69 Å². The van der Waals surface area contributed by atoms with Gasteiger partial charge in [0.15, 0.2) is 0 Å². The van der Waals surface area contributed by atoms with Crippen molar-refractivity contribution >= 4 is 5.91 Å². The Bertz CT molecular complexity index is 249. The van der Waals surface area contributed by atoms with Crippen molar-refractivity contribution in [1.82, 2.24) is 15.5 Å². The summed E-state index contributed by atoms with van der Waals surface area (Å²) in [5.74, 6) is 0.652. The number of hydrogen-bond donors (Lipinski definition) is 2. The predicted octanol–water partition coefficient (Wildman–Crippen LogP) is 1.22. The molecule has 1 amide bonds. The van der Waals surface area contributed by atoms with Crippen LogP contribution in [0.1, 0.15) is 40.5 Å². The molecule has 106 valence electrons. The number of piperidine rings is 1. The van der Waals surface area contributed by atoms with E-state index in [9.17, 15) is 4.79 Å². The third-order valence-electron chi connectivity index (χ3n) is 3.97. The highest BCUT2D eigenvalue weighted by Gasteiger charge is 2.22. The fourth-order valence-electron chi connectivity index (χ4n) is 2.32. The van der Waals surface area contributed by atoms with E-state index in [0.717, 1.165) is 32.5 Å². The first-order valence-electron chi connectivity index (χ1n) is 7.28. The standard InChI is InChI=1S/C14H29N3O/c1-5-17(13-6-8-15-9-7-13)10-14(18)16-12(4)11(2)3/h11-13,15H,5-10H2,1-4H3,(H,16,18). The molecular formula is C14H29N3O.